The summed E-state index contributed by atoms with van der Waals surface area (Å²) < 4.78 is 5.01. The van der Waals surface area contributed by atoms with Crippen LogP contribution >= 0.6 is 0 Å². The molecule has 0 radical (unpaired) electrons. The fraction of sp³-hybridized carbons (Fsp3) is 0.417. The van der Waals surface area contributed by atoms with E-state index >= 15 is 0 Å². The van der Waals surface area contributed by atoms with E-state index in [0.29, 0.717) is 11.1 Å². The highest BCUT2D eigenvalue weighted by Crippen LogP contribution is 2.52. The third kappa shape index (κ3) is 1.69. The van der Waals surface area contributed by atoms with Crippen molar-refractivity contribution in [1.29, 1.82) is 0 Å². The largest absolute Gasteiger partial charge is 0.333 e. The molecule has 1 aliphatic heterocycles. The molecule has 4 rings (SSSR count). The Morgan fingerprint density at radius 2 is 2.16 bits per heavy atom. The molecule has 7 heteroatoms. The van der Waals surface area contributed by atoms with Gasteiger partial charge in [0, 0.05) is 30.9 Å². The molecule has 0 N–H and O–H groups in total. The van der Waals surface area contributed by atoms with Crippen LogP contribution in [0.5, 0.6) is 0 Å². The lowest BCUT2D eigenvalue weighted by Gasteiger charge is -2.38. The van der Waals surface area contributed by atoms with Gasteiger partial charge in [0.25, 0.3) is 0 Å². The lowest BCUT2D eigenvalue weighted by molar-refractivity contribution is 0.0395. The third-order valence-electron chi connectivity index (χ3n) is 3.70. The van der Waals surface area contributed by atoms with Gasteiger partial charge in [-0.2, -0.15) is 4.98 Å². The first-order valence-corrected chi connectivity index (χ1v) is 6.15. The van der Waals surface area contributed by atoms with Crippen molar-refractivity contribution in [1.82, 2.24) is 25.0 Å². The van der Waals surface area contributed by atoms with Crippen molar-refractivity contribution < 1.29 is 9.32 Å². The van der Waals surface area contributed by atoms with Gasteiger partial charge in [0.05, 0.1) is 6.20 Å². The Morgan fingerprint density at radius 3 is 2.84 bits per heavy atom. The predicted molar refractivity (Wildman–Crippen MR) is 62.9 cm³/mol. The average Bonchev–Trinajstić information content (AvgIpc) is 3.06. The number of carbonyl (C=O) groups excluding carboxylic acids is 1. The summed E-state index contributed by atoms with van der Waals surface area (Å²) in [7, 11) is 0. The molecule has 1 saturated carbocycles. The van der Waals surface area contributed by atoms with Crippen LogP contribution in [0.4, 0.5) is 0 Å². The van der Waals surface area contributed by atoms with Crippen LogP contribution in [0.3, 0.4) is 0 Å². The first kappa shape index (κ1) is 10.6. The molecule has 2 fully saturated rings. The summed E-state index contributed by atoms with van der Waals surface area (Å²) in [6.45, 7) is 1.63. The highest BCUT2D eigenvalue weighted by molar-refractivity contribution is 5.90. The van der Waals surface area contributed by atoms with Gasteiger partial charge >= 0.3 is 11.8 Å². The molecular formula is C12H11N5O2. The van der Waals surface area contributed by atoms with Gasteiger partial charge in [-0.3, -0.25) is 9.78 Å². The number of hydrogen-bond donors (Lipinski definition) is 0. The van der Waals surface area contributed by atoms with Crippen LogP contribution in [-0.2, 0) is 0 Å². The number of amides is 1. The van der Waals surface area contributed by atoms with Crippen molar-refractivity contribution in [2.24, 2.45) is 5.41 Å². The number of likely N-dealkylation sites (tertiary alicyclic amines) is 1. The summed E-state index contributed by atoms with van der Waals surface area (Å²) in [5.74, 6) is 0.120. The van der Waals surface area contributed by atoms with Crippen molar-refractivity contribution in [3.05, 3.63) is 24.5 Å². The number of rotatable bonds is 2. The molecule has 0 unspecified atom stereocenters. The van der Waals surface area contributed by atoms with Gasteiger partial charge in [0.2, 0.25) is 5.82 Å². The van der Waals surface area contributed by atoms with Crippen molar-refractivity contribution in [3.63, 3.8) is 0 Å². The van der Waals surface area contributed by atoms with Gasteiger partial charge in [-0.1, -0.05) is 5.16 Å². The molecular weight excluding hydrogens is 246 g/mol. The minimum Gasteiger partial charge on any atom is -0.333 e. The Hall–Kier alpha value is -2.31. The zero-order valence-electron chi connectivity index (χ0n) is 10.1. The van der Waals surface area contributed by atoms with Gasteiger partial charge in [-0.25, -0.2) is 4.98 Å². The summed E-state index contributed by atoms with van der Waals surface area (Å²) in [4.78, 5) is 25.9. The molecule has 2 aromatic rings. The van der Waals surface area contributed by atoms with E-state index in [4.69, 9.17) is 4.52 Å². The molecule has 0 atom stereocenters. The molecule has 0 aromatic carbocycles. The molecule has 7 nitrogen and oxygen atoms in total. The molecule has 2 aliphatic rings. The van der Waals surface area contributed by atoms with E-state index in [9.17, 15) is 4.79 Å². The normalized spacial score (nSPS) is 19.3. The van der Waals surface area contributed by atoms with Crippen LogP contribution in [-0.4, -0.2) is 44.0 Å². The summed E-state index contributed by atoms with van der Waals surface area (Å²) in [5.41, 5.74) is 0.913. The first-order chi connectivity index (χ1) is 9.26. The number of hydrogen-bond acceptors (Lipinski definition) is 6. The number of nitrogens with zero attached hydrogens (tertiary/aromatic N) is 5. The Labute approximate surface area is 108 Å². The summed E-state index contributed by atoms with van der Waals surface area (Å²) in [6, 6.07) is 0. The molecule has 1 saturated heterocycles. The molecule has 0 bridgehead atoms. The van der Waals surface area contributed by atoms with E-state index in [0.717, 1.165) is 13.1 Å². The number of aromatic nitrogens is 4. The molecule has 1 amide bonds. The Balaban J connectivity index is 1.53. The van der Waals surface area contributed by atoms with Gasteiger partial charge in [-0.05, 0) is 12.8 Å². The van der Waals surface area contributed by atoms with Crippen LogP contribution in [0.2, 0.25) is 0 Å². The van der Waals surface area contributed by atoms with E-state index in [2.05, 4.69) is 20.1 Å². The molecule has 3 heterocycles. The highest BCUT2D eigenvalue weighted by atomic mass is 16.5. The van der Waals surface area contributed by atoms with Crippen LogP contribution in [0, 0.1) is 5.41 Å². The van der Waals surface area contributed by atoms with Crippen LogP contribution in [0.15, 0.2) is 23.1 Å². The van der Waals surface area contributed by atoms with Crippen LogP contribution in [0.25, 0.3) is 11.5 Å². The van der Waals surface area contributed by atoms with Gasteiger partial charge in [0.1, 0.15) is 5.69 Å². The monoisotopic (exact) mass is 257 g/mol. The average molecular weight is 257 g/mol. The van der Waals surface area contributed by atoms with E-state index < -0.39 is 0 Å². The Kier molecular flexibility index (Phi) is 2.01. The topological polar surface area (TPSA) is 85.0 Å². The molecule has 1 spiro atoms. The molecule has 19 heavy (non-hydrogen) atoms. The van der Waals surface area contributed by atoms with E-state index in [1.165, 1.54) is 19.0 Å². The van der Waals surface area contributed by atoms with Crippen LogP contribution < -0.4 is 0 Å². The minimum absolute atomic E-state index is 0.0242. The maximum atomic E-state index is 12.1. The zero-order chi connectivity index (χ0) is 12.9. The molecule has 96 valence electrons. The summed E-state index contributed by atoms with van der Waals surface area (Å²) in [5, 5.41) is 3.76. The highest BCUT2D eigenvalue weighted by Gasteiger charge is 2.54. The third-order valence-corrected chi connectivity index (χ3v) is 3.70. The van der Waals surface area contributed by atoms with Crippen molar-refractivity contribution in [3.8, 4) is 11.5 Å². The second-order valence-corrected chi connectivity index (χ2v) is 5.18. The molecule has 2 aromatic heterocycles. The van der Waals surface area contributed by atoms with E-state index in [1.807, 2.05) is 0 Å². The fourth-order valence-corrected chi connectivity index (χ4v) is 2.36. The van der Waals surface area contributed by atoms with Gasteiger partial charge < -0.3 is 9.42 Å². The number of carbonyl (C=O) groups is 1. The zero-order valence-corrected chi connectivity index (χ0v) is 10.1. The van der Waals surface area contributed by atoms with Crippen molar-refractivity contribution in [2.75, 3.05) is 13.1 Å². The standard InChI is InChI=1S/C12H11N5O2/c18-11(17-6-12(7-17)1-2-12)10-15-9(16-19-10)8-5-13-3-4-14-8/h3-5H,1-2,6-7H2. The van der Waals surface area contributed by atoms with E-state index in [1.54, 1.807) is 17.3 Å². The quantitative estimate of drug-likeness (QED) is 0.789. The maximum Gasteiger partial charge on any atom is 0.316 e. The van der Waals surface area contributed by atoms with Crippen molar-refractivity contribution in [2.45, 2.75) is 12.8 Å². The van der Waals surface area contributed by atoms with E-state index in [-0.39, 0.29) is 17.6 Å². The van der Waals surface area contributed by atoms with Crippen molar-refractivity contribution >= 4 is 5.91 Å². The minimum atomic E-state index is -0.194. The smallest absolute Gasteiger partial charge is 0.316 e. The Bertz CT molecular complexity index is 627. The SMILES string of the molecule is O=C(c1nc(-c2cnccn2)no1)N1CC2(CC2)C1. The summed E-state index contributed by atoms with van der Waals surface area (Å²) in [6.07, 6.45) is 7.09. The maximum absolute atomic E-state index is 12.1. The van der Waals surface area contributed by atoms with Gasteiger partial charge in [-0.15, -0.1) is 0 Å². The second kappa shape index (κ2) is 3.59. The Morgan fingerprint density at radius 1 is 1.32 bits per heavy atom. The lowest BCUT2D eigenvalue weighted by Crippen LogP contribution is -2.51. The first-order valence-electron chi connectivity index (χ1n) is 6.15. The molecule has 1 aliphatic carbocycles. The fourth-order valence-electron chi connectivity index (χ4n) is 2.36. The van der Waals surface area contributed by atoms with Crippen LogP contribution in [0.1, 0.15) is 23.5 Å². The van der Waals surface area contributed by atoms with Gasteiger partial charge in [0.15, 0.2) is 0 Å². The lowest BCUT2D eigenvalue weighted by atomic mass is 9.97. The second-order valence-electron chi connectivity index (χ2n) is 5.18. The predicted octanol–water partition coefficient (Wildman–Crippen LogP) is 0.763. The summed E-state index contributed by atoms with van der Waals surface area (Å²) >= 11 is 0.